The molecule has 0 aliphatic carbocycles. The van der Waals surface area contributed by atoms with Crippen molar-refractivity contribution >= 4 is 38.0 Å². The average molecular weight is 226 g/mol. The summed E-state index contributed by atoms with van der Waals surface area (Å²) in [4.78, 5) is 0.839. The van der Waals surface area contributed by atoms with E-state index >= 15 is 0 Å². The number of nitrogens with two attached hydrogens (primary N) is 1. The van der Waals surface area contributed by atoms with Gasteiger partial charge in [0, 0.05) is 10.1 Å². The molecule has 3 aromatic rings. The van der Waals surface area contributed by atoms with Gasteiger partial charge in [-0.1, -0.05) is 30.3 Å². The molecular formula is C13H10N2S. The van der Waals surface area contributed by atoms with Crippen LogP contribution >= 0.6 is 11.3 Å². The number of hydrogen-bond donors (Lipinski definition) is 2. The molecule has 0 atom stereocenters. The number of fused-ring (bicyclic) bond motifs is 3. The van der Waals surface area contributed by atoms with Gasteiger partial charge in [0.05, 0.1) is 4.88 Å². The van der Waals surface area contributed by atoms with Gasteiger partial charge in [-0.05, 0) is 22.9 Å². The first-order valence-electron chi connectivity index (χ1n) is 5.01. The first kappa shape index (κ1) is 9.36. The van der Waals surface area contributed by atoms with Crippen LogP contribution in [-0.2, 0) is 0 Å². The maximum atomic E-state index is 7.46. The standard InChI is InChI=1S/C13H10N2S/c14-13(15)12-7-10-9-4-2-1-3-8(9)5-6-11(10)16-12/h1-7H,(H3,14,15). The van der Waals surface area contributed by atoms with Crippen molar-refractivity contribution in [3.63, 3.8) is 0 Å². The highest BCUT2D eigenvalue weighted by atomic mass is 32.1. The van der Waals surface area contributed by atoms with Crippen LogP contribution in [0.15, 0.2) is 42.5 Å². The van der Waals surface area contributed by atoms with E-state index in [0.29, 0.717) is 0 Å². The molecule has 0 aliphatic rings. The van der Waals surface area contributed by atoms with E-state index in [1.54, 1.807) is 11.3 Å². The molecule has 78 valence electrons. The highest BCUT2D eigenvalue weighted by molar-refractivity contribution is 7.21. The normalized spacial score (nSPS) is 11.0. The van der Waals surface area contributed by atoms with Gasteiger partial charge in [-0.2, -0.15) is 0 Å². The number of nitrogens with one attached hydrogen (secondary N) is 1. The third-order valence-corrected chi connectivity index (χ3v) is 3.83. The van der Waals surface area contributed by atoms with Gasteiger partial charge >= 0.3 is 0 Å². The van der Waals surface area contributed by atoms with Crippen LogP contribution in [0.4, 0.5) is 0 Å². The van der Waals surface area contributed by atoms with E-state index in [2.05, 4.69) is 24.3 Å². The van der Waals surface area contributed by atoms with Gasteiger partial charge in [0.1, 0.15) is 5.84 Å². The highest BCUT2D eigenvalue weighted by Gasteiger charge is 2.06. The van der Waals surface area contributed by atoms with Crippen LogP contribution < -0.4 is 5.73 Å². The molecule has 0 saturated carbocycles. The fourth-order valence-corrected chi connectivity index (χ4v) is 2.86. The summed E-state index contributed by atoms with van der Waals surface area (Å²) >= 11 is 1.57. The number of amidine groups is 1. The Morgan fingerprint density at radius 2 is 1.88 bits per heavy atom. The third kappa shape index (κ3) is 1.29. The lowest BCUT2D eigenvalue weighted by molar-refractivity contribution is 1.46. The predicted molar refractivity (Wildman–Crippen MR) is 70.3 cm³/mol. The molecule has 1 heterocycles. The van der Waals surface area contributed by atoms with Crippen molar-refractivity contribution in [3.8, 4) is 0 Å². The lowest BCUT2D eigenvalue weighted by Gasteiger charge is -1.97. The molecule has 0 bridgehead atoms. The summed E-state index contributed by atoms with van der Waals surface area (Å²) in [6, 6.07) is 14.5. The van der Waals surface area contributed by atoms with Gasteiger partial charge in [0.25, 0.3) is 0 Å². The summed E-state index contributed by atoms with van der Waals surface area (Å²) in [5.74, 6) is 0.144. The van der Waals surface area contributed by atoms with Crippen molar-refractivity contribution in [1.29, 1.82) is 5.41 Å². The largest absolute Gasteiger partial charge is 0.383 e. The molecule has 0 saturated heterocycles. The van der Waals surface area contributed by atoms with E-state index in [4.69, 9.17) is 11.1 Å². The van der Waals surface area contributed by atoms with Crippen molar-refractivity contribution in [2.24, 2.45) is 5.73 Å². The molecule has 3 heteroatoms. The summed E-state index contributed by atoms with van der Waals surface area (Å²) < 4.78 is 1.18. The Kier molecular flexibility index (Phi) is 1.94. The number of benzene rings is 2. The molecule has 0 aliphatic heterocycles. The van der Waals surface area contributed by atoms with E-state index < -0.39 is 0 Å². The lowest BCUT2D eigenvalue weighted by atomic mass is 10.1. The predicted octanol–water partition coefficient (Wildman–Crippen LogP) is 3.34. The Morgan fingerprint density at radius 3 is 2.69 bits per heavy atom. The third-order valence-electron chi connectivity index (χ3n) is 2.69. The SMILES string of the molecule is N=C(N)c1cc2c(ccc3ccccc32)s1. The second-order valence-electron chi connectivity index (χ2n) is 3.72. The van der Waals surface area contributed by atoms with Crippen LogP contribution in [0.2, 0.25) is 0 Å². The Balaban J connectivity index is 2.46. The molecule has 1 aromatic heterocycles. The monoisotopic (exact) mass is 226 g/mol. The molecule has 16 heavy (non-hydrogen) atoms. The quantitative estimate of drug-likeness (QED) is 0.485. The minimum Gasteiger partial charge on any atom is -0.383 e. The van der Waals surface area contributed by atoms with Crippen molar-refractivity contribution in [2.75, 3.05) is 0 Å². The molecule has 3 rings (SSSR count). The van der Waals surface area contributed by atoms with Crippen molar-refractivity contribution < 1.29 is 0 Å². The maximum absolute atomic E-state index is 7.46. The zero-order valence-corrected chi connectivity index (χ0v) is 9.34. The van der Waals surface area contributed by atoms with Crippen molar-refractivity contribution in [3.05, 3.63) is 47.3 Å². The number of hydrogen-bond acceptors (Lipinski definition) is 2. The first-order chi connectivity index (χ1) is 7.75. The van der Waals surface area contributed by atoms with Crippen LogP contribution in [0.5, 0.6) is 0 Å². The Morgan fingerprint density at radius 1 is 1.06 bits per heavy atom. The summed E-state index contributed by atoms with van der Waals surface area (Å²) in [6.45, 7) is 0. The van der Waals surface area contributed by atoms with Gasteiger partial charge in [-0.3, -0.25) is 5.41 Å². The molecule has 3 N–H and O–H groups in total. The van der Waals surface area contributed by atoms with Gasteiger partial charge in [0.2, 0.25) is 0 Å². The van der Waals surface area contributed by atoms with Crippen LogP contribution in [0, 0.1) is 5.41 Å². The number of rotatable bonds is 1. The van der Waals surface area contributed by atoms with E-state index in [-0.39, 0.29) is 5.84 Å². The molecule has 0 amide bonds. The Labute approximate surface area is 96.8 Å². The maximum Gasteiger partial charge on any atom is 0.133 e. The van der Waals surface area contributed by atoms with Gasteiger partial charge in [-0.15, -0.1) is 11.3 Å². The fourth-order valence-electron chi connectivity index (χ4n) is 1.93. The Bertz CT molecular complexity index is 697. The minimum absolute atomic E-state index is 0.144. The van der Waals surface area contributed by atoms with Gasteiger partial charge < -0.3 is 5.73 Å². The van der Waals surface area contributed by atoms with E-state index in [0.717, 1.165) is 4.88 Å². The summed E-state index contributed by atoms with van der Waals surface area (Å²) in [6.07, 6.45) is 0. The lowest BCUT2D eigenvalue weighted by Crippen LogP contribution is -2.08. The average Bonchev–Trinajstić information content (AvgIpc) is 2.73. The van der Waals surface area contributed by atoms with Gasteiger partial charge in [0.15, 0.2) is 0 Å². The fraction of sp³-hybridized carbons (Fsp3) is 0. The van der Waals surface area contributed by atoms with Gasteiger partial charge in [-0.25, -0.2) is 0 Å². The molecule has 0 unspecified atom stereocenters. The second kappa shape index (κ2) is 3.32. The van der Waals surface area contributed by atoms with Crippen LogP contribution in [0.3, 0.4) is 0 Å². The number of nitrogen functional groups attached to an aromatic ring is 1. The Hall–Kier alpha value is -1.87. The molecular weight excluding hydrogens is 216 g/mol. The summed E-state index contributed by atoms with van der Waals surface area (Å²) in [7, 11) is 0. The minimum atomic E-state index is 0.144. The first-order valence-corrected chi connectivity index (χ1v) is 5.83. The zero-order chi connectivity index (χ0) is 11.1. The highest BCUT2D eigenvalue weighted by Crippen LogP contribution is 2.31. The molecule has 2 nitrogen and oxygen atoms in total. The summed E-state index contributed by atoms with van der Waals surface area (Å²) in [5.41, 5.74) is 5.52. The van der Waals surface area contributed by atoms with E-state index in [9.17, 15) is 0 Å². The number of thiophene rings is 1. The van der Waals surface area contributed by atoms with Crippen LogP contribution in [0.25, 0.3) is 20.9 Å². The summed E-state index contributed by atoms with van der Waals surface area (Å²) in [5, 5.41) is 11.1. The van der Waals surface area contributed by atoms with E-state index in [1.807, 2.05) is 18.2 Å². The van der Waals surface area contributed by atoms with Crippen molar-refractivity contribution in [2.45, 2.75) is 0 Å². The van der Waals surface area contributed by atoms with Crippen molar-refractivity contribution in [1.82, 2.24) is 0 Å². The molecule has 0 radical (unpaired) electrons. The molecule has 0 spiro atoms. The zero-order valence-electron chi connectivity index (χ0n) is 8.53. The smallest absolute Gasteiger partial charge is 0.133 e. The van der Waals surface area contributed by atoms with E-state index in [1.165, 1.54) is 20.9 Å². The van der Waals surface area contributed by atoms with Crippen LogP contribution in [-0.4, -0.2) is 5.84 Å². The molecule has 2 aromatic carbocycles. The molecule has 0 fully saturated rings. The van der Waals surface area contributed by atoms with Crippen LogP contribution in [0.1, 0.15) is 4.88 Å². The topological polar surface area (TPSA) is 49.9 Å². The second-order valence-corrected chi connectivity index (χ2v) is 4.81.